The number of aryl methyl sites for hydroxylation is 3. The third-order valence-corrected chi connectivity index (χ3v) is 4.19. The van der Waals surface area contributed by atoms with Crippen molar-refractivity contribution in [3.05, 3.63) is 76.7 Å². The van der Waals surface area contributed by atoms with E-state index in [2.05, 4.69) is 10.5 Å². The summed E-state index contributed by atoms with van der Waals surface area (Å²) in [5.41, 5.74) is 4.70. The molecule has 1 N–H and O–H groups in total. The topological polar surface area (TPSA) is 64.4 Å². The molecule has 26 heavy (non-hydrogen) atoms. The highest BCUT2D eigenvalue weighted by Gasteiger charge is 2.10. The summed E-state index contributed by atoms with van der Waals surface area (Å²) in [6, 6.07) is 15.3. The molecule has 3 rings (SSSR count). The van der Waals surface area contributed by atoms with Crippen LogP contribution in [0.5, 0.6) is 5.75 Å². The molecule has 0 spiro atoms. The summed E-state index contributed by atoms with van der Waals surface area (Å²) < 4.78 is 10.9. The summed E-state index contributed by atoms with van der Waals surface area (Å²) in [5.74, 6) is 1.47. The Kier molecular flexibility index (Phi) is 5.37. The lowest BCUT2D eigenvalue weighted by Gasteiger charge is -2.08. The molecule has 0 saturated carbocycles. The van der Waals surface area contributed by atoms with Crippen LogP contribution < -0.4 is 10.1 Å². The zero-order chi connectivity index (χ0) is 18.5. The van der Waals surface area contributed by atoms with Gasteiger partial charge < -0.3 is 14.6 Å². The Balaban J connectivity index is 1.54. The normalized spacial score (nSPS) is 10.6. The SMILES string of the molecule is Cc1ccc(NC(=O)Cc2ccc(OCc3c(C)noc3C)cc2)cc1. The lowest BCUT2D eigenvalue weighted by molar-refractivity contribution is -0.115. The molecule has 0 atom stereocenters. The standard InChI is InChI=1S/C21H22N2O3/c1-14-4-8-18(9-5-14)22-21(24)12-17-6-10-19(11-7-17)25-13-20-15(2)23-26-16(20)3/h4-11H,12-13H2,1-3H3,(H,22,24). The molecular formula is C21H22N2O3. The molecule has 0 saturated heterocycles. The molecule has 0 bridgehead atoms. The largest absolute Gasteiger partial charge is 0.489 e. The number of ether oxygens (including phenoxy) is 1. The first-order valence-corrected chi connectivity index (χ1v) is 8.51. The van der Waals surface area contributed by atoms with Gasteiger partial charge in [-0.25, -0.2) is 0 Å². The molecule has 1 amide bonds. The van der Waals surface area contributed by atoms with Crippen molar-refractivity contribution in [1.82, 2.24) is 5.16 Å². The van der Waals surface area contributed by atoms with Crippen molar-refractivity contribution in [2.24, 2.45) is 0 Å². The van der Waals surface area contributed by atoms with Crippen molar-refractivity contribution in [2.45, 2.75) is 33.8 Å². The smallest absolute Gasteiger partial charge is 0.228 e. The third kappa shape index (κ3) is 4.51. The molecule has 0 radical (unpaired) electrons. The first kappa shape index (κ1) is 17.7. The van der Waals surface area contributed by atoms with E-state index in [-0.39, 0.29) is 5.91 Å². The van der Waals surface area contributed by atoms with Crippen LogP contribution in [0.1, 0.15) is 28.1 Å². The summed E-state index contributed by atoms with van der Waals surface area (Å²) in [5, 5.41) is 6.82. The maximum Gasteiger partial charge on any atom is 0.228 e. The lowest BCUT2D eigenvalue weighted by Crippen LogP contribution is -2.14. The van der Waals surface area contributed by atoms with E-state index in [1.807, 2.05) is 69.3 Å². The van der Waals surface area contributed by atoms with Crippen molar-refractivity contribution >= 4 is 11.6 Å². The van der Waals surface area contributed by atoms with E-state index in [0.717, 1.165) is 39.6 Å². The predicted octanol–water partition coefficient (Wildman–Crippen LogP) is 4.36. The van der Waals surface area contributed by atoms with Crippen LogP contribution in [0.3, 0.4) is 0 Å². The third-order valence-electron chi connectivity index (χ3n) is 4.19. The Morgan fingerprint density at radius 2 is 1.73 bits per heavy atom. The quantitative estimate of drug-likeness (QED) is 0.717. The first-order valence-electron chi connectivity index (χ1n) is 8.51. The number of hydrogen-bond donors (Lipinski definition) is 1. The van der Waals surface area contributed by atoms with Gasteiger partial charge in [-0.05, 0) is 50.6 Å². The highest BCUT2D eigenvalue weighted by molar-refractivity contribution is 5.92. The Morgan fingerprint density at radius 1 is 1.04 bits per heavy atom. The fourth-order valence-electron chi connectivity index (χ4n) is 2.59. The van der Waals surface area contributed by atoms with Crippen LogP contribution in [-0.4, -0.2) is 11.1 Å². The lowest BCUT2D eigenvalue weighted by atomic mass is 10.1. The highest BCUT2D eigenvalue weighted by Crippen LogP contribution is 2.18. The Bertz CT molecular complexity index is 861. The number of nitrogens with one attached hydrogen (secondary N) is 1. The molecule has 0 aliphatic rings. The Morgan fingerprint density at radius 3 is 2.35 bits per heavy atom. The van der Waals surface area contributed by atoms with E-state index >= 15 is 0 Å². The van der Waals surface area contributed by atoms with Gasteiger partial charge >= 0.3 is 0 Å². The van der Waals surface area contributed by atoms with E-state index in [1.165, 1.54) is 0 Å². The number of carbonyl (C=O) groups excluding carboxylic acids is 1. The number of nitrogens with zero attached hydrogens (tertiary/aromatic N) is 1. The molecule has 0 fully saturated rings. The number of anilines is 1. The van der Waals surface area contributed by atoms with E-state index in [1.54, 1.807) is 0 Å². The number of amides is 1. The summed E-state index contributed by atoms with van der Waals surface area (Å²) in [4.78, 5) is 12.1. The van der Waals surface area contributed by atoms with Gasteiger partial charge in [0.25, 0.3) is 0 Å². The van der Waals surface area contributed by atoms with Gasteiger partial charge in [0.05, 0.1) is 17.7 Å². The van der Waals surface area contributed by atoms with Gasteiger partial charge in [-0.2, -0.15) is 0 Å². The van der Waals surface area contributed by atoms with Crippen molar-refractivity contribution in [2.75, 3.05) is 5.32 Å². The summed E-state index contributed by atoms with van der Waals surface area (Å²) in [6.45, 7) is 6.19. The molecule has 134 valence electrons. The number of carbonyl (C=O) groups is 1. The summed E-state index contributed by atoms with van der Waals surface area (Å²) >= 11 is 0. The minimum atomic E-state index is -0.0433. The number of benzene rings is 2. The predicted molar refractivity (Wildman–Crippen MR) is 100 cm³/mol. The molecule has 5 heteroatoms. The molecule has 0 aliphatic carbocycles. The van der Waals surface area contributed by atoms with Gasteiger partial charge in [0.15, 0.2) is 0 Å². The molecule has 3 aromatic rings. The van der Waals surface area contributed by atoms with Crippen molar-refractivity contribution in [3.8, 4) is 5.75 Å². The van der Waals surface area contributed by atoms with Gasteiger partial charge in [0, 0.05) is 5.69 Å². The summed E-state index contributed by atoms with van der Waals surface area (Å²) in [6.07, 6.45) is 0.317. The van der Waals surface area contributed by atoms with Crippen LogP contribution in [0.2, 0.25) is 0 Å². The van der Waals surface area contributed by atoms with Crippen molar-refractivity contribution in [1.29, 1.82) is 0 Å². The van der Waals surface area contributed by atoms with E-state index < -0.39 is 0 Å². The van der Waals surface area contributed by atoms with E-state index in [9.17, 15) is 4.79 Å². The van der Waals surface area contributed by atoms with Crippen LogP contribution in [0.4, 0.5) is 5.69 Å². The van der Waals surface area contributed by atoms with Crippen LogP contribution in [-0.2, 0) is 17.8 Å². The van der Waals surface area contributed by atoms with Gasteiger partial charge in [-0.3, -0.25) is 4.79 Å². The second-order valence-corrected chi connectivity index (χ2v) is 6.33. The van der Waals surface area contributed by atoms with Crippen molar-refractivity contribution < 1.29 is 14.1 Å². The van der Waals surface area contributed by atoms with Gasteiger partial charge in [0.2, 0.25) is 5.91 Å². The number of hydrogen-bond acceptors (Lipinski definition) is 4. The molecule has 1 aromatic heterocycles. The molecule has 0 unspecified atom stereocenters. The zero-order valence-corrected chi connectivity index (χ0v) is 15.2. The van der Waals surface area contributed by atoms with Gasteiger partial charge in [-0.1, -0.05) is 35.0 Å². The molecular weight excluding hydrogens is 328 g/mol. The van der Waals surface area contributed by atoms with E-state index in [4.69, 9.17) is 9.26 Å². The second-order valence-electron chi connectivity index (χ2n) is 6.33. The van der Waals surface area contributed by atoms with E-state index in [0.29, 0.717) is 13.0 Å². The Labute approximate surface area is 153 Å². The fourth-order valence-corrected chi connectivity index (χ4v) is 2.59. The van der Waals surface area contributed by atoms with Gasteiger partial charge in [-0.15, -0.1) is 0 Å². The monoisotopic (exact) mass is 350 g/mol. The second kappa shape index (κ2) is 7.87. The fraction of sp³-hybridized carbons (Fsp3) is 0.238. The molecule has 2 aromatic carbocycles. The minimum Gasteiger partial charge on any atom is -0.489 e. The molecule has 0 aliphatic heterocycles. The van der Waals surface area contributed by atoms with Crippen LogP contribution in [0.25, 0.3) is 0 Å². The Hall–Kier alpha value is -3.08. The molecule has 5 nitrogen and oxygen atoms in total. The van der Waals surface area contributed by atoms with Crippen LogP contribution >= 0.6 is 0 Å². The average molecular weight is 350 g/mol. The van der Waals surface area contributed by atoms with Crippen LogP contribution in [0.15, 0.2) is 53.1 Å². The van der Waals surface area contributed by atoms with Crippen molar-refractivity contribution in [3.63, 3.8) is 0 Å². The van der Waals surface area contributed by atoms with Gasteiger partial charge in [0.1, 0.15) is 18.1 Å². The highest BCUT2D eigenvalue weighted by atomic mass is 16.5. The molecule has 1 heterocycles. The first-order chi connectivity index (χ1) is 12.5. The minimum absolute atomic E-state index is 0.0433. The number of aromatic nitrogens is 1. The van der Waals surface area contributed by atoms with Crippen LogP contribution in [0, 0.1) is 20.8 Å². The average Bonchev–Trinajstić information content (AvgIpc) is 2.94. The maximum absolute atomic E-state index is 12.1. The maximum atomic E-state index is 12.1. The summed E-state index contributed by atoms with van der Waals surface area (Å²) in [7, 11) is 0. The zero-order valence-electron chi connectivity index (χ0n) is 15.2. The number of rotatable bonds is 6.